The van der Waals surface area contributed by atoms with Crippen LogP contribution in [0.3, 0.4) is 0 Å². The van der Waals surface area contributed by atoms with E-state index in [1.165, 1.54) is 0 Å². The number of aryl methyl sites for hydroxylation is 1. The third-order valence-corrected chi connectivity index (χ3v) is 0.999. The Bertz CT molecular complexity index is 255. The number of hydrogen-bond acceptors (Lipinski definition) is 2. The molecule has 1 aromatic rings. The lowest BCUT2D eigenvalue weighted by molar-refractivity contribution is 1.07. The molecule has 0 aromatic carbocycles. The monoisotopic (exact) mass is 120 g/mol. The van der Waals surface area contributed by atoms with Gasteiger partial charge in [0.2, 0.25) is 0 Å². The summed E-state index contributed by atoms with van der Waals surface area (Å²) in [5.41, 5.74) is 1.20. The largest absolute Gasteiger partial charge is 0.283 e. The lowest BCUT2D eigenvalue weighted by atomic mass is 10.4. The highest BCUT2D eigenvalue weighted by atomic mass is 14.7. The fourth-order valence-electron chi connectivity index (χ4n) is 0.606. The van der Waals surface area contributed by atoms with Gasteiger partial charge in [-0.05, 0) is 19.1 Å². The summed E-state index contributed by atoms with van der Waals surface area (Å²) in [5.74, 6) is 0. The van der Waals surface area contributed by atoms with Crippen LogP contribution in [0.25, 0.3) is 0 Å². The molecule has 2 heteroatoms. The summed E-state index contributed by atoms with van der Waals surface area (Å²) < 4.78 is 0. The summed E-state index contributed by atoms with van der Waals surface area (Å²) in [6, 6.07) is 7.22. The maximum Gasteiger partial charge on any atom is 0.144 e. The summed E-state index contributed by atoms with van der Waals surface area (Å²) >= 11 is 0. The van der Waals surface area contributed by atoms with Crippen LogP contribution in [-0.4, -0.2) is 4.98 Å². The lowest BCUT2D eigenvalue weighted by Gasteiger charge is -1.75. The molecule has 9 heavy (non-hydrogen) atoms. The van der Waals surface area contributed by atoms with Crippen molar-refractivity contribution in [2.45, 2.75) is 6.92 Å². The van der Waals surface area contributed by atoms with Crippen molar-refractivity contribution in [3.8, 4) is 0 Å². The molecule has 46 valence electrons. The summed E-state index contributed by atoms with van der Waals surface area (Å²) in [6.07, 6.45) is 0. The van der Waals surface area contributed by atoms with Crippen LogP contribution >= 0.6 is 0 Å². The molecule has 0 aliphatic heterocycles. The quantitative estimate of drug-likeness (QED) is 0.542. The zero-order valence-corrected chi connectivity index (χ0v) is 5.26. The first-order valence-electron chi connectivity index (χ1n) is 2.77. The van der Waals surface area contributed by atoms with E-state index in [9.17, 15) is 0 Å². The summed E-state index contributed by atoms with van der Waals surface area (Å²) in [7, 11) is 0. The second kappa shape index (κ2) is 2.40. The van der Waals surface area contributed by atoms with Gasteiger partial charge in [0.05, 0.1) is 0 Å². The average molecular weight is 120 g/mol. The van der Waals surface area contributed by atoms with E-state index in [2.05, 4.69) is 4.98 Å². The van der Waals surface area contributed by atoms with Crippen molar-refractivity contribution in [2.24, 2.45) is 0 Å². The third-order valence-electron chi connectivity index (χ3n) is 0.999. The molecule has 1 N–H and O–H groups in total. The van der Waals surface area contributed by atoms with Crippen molar-refractivity contribution in [1.82, 2.24) is 4.98 Å². The van der Waals surface area contributed by atoms with Gasteiger partial charge in [-0.3, -0.25) is 5.41 Å². The average Bonchev–Trinajstić information content (AvgIpc) is 1.93. The Morgan fingerprint density at radius 2 is 2.00 bits per heavy atom. The van der Waals surface area contributed by atoms with Gasteiger partial charge >= 0.3 is 0 Å². The maximum atomic E-state index is 7.14. The zero-order chi connectivity index (χ0) is 6.69. The van der Waals surface area contributed by atoms with Crippen molar-refractivity contribution in [1.29, 1.82) is 5.41 Å². The Hall–Kier alpha value is -1.18. The van der Waals surface area contributed by atoms with Gasteiger partial charge in [-0.2, -0.15) is 0 Å². The molecule has 0 aliphatic carbocycles. The number of hydrogen-bond donors (Lipinski definition) is 1. The van der Waals surface area contributed by atoms with Gasteiger partial charge in [0.15, 0.2) is 0 Å². The summed E-state index contributed by atoms with van der Waals surface area (Å²) in [4.78, 5) is 3.90. The highest BCUT2D eigenvalue weighted by molar-refractivity contribution is 4.99. The lowest BCUT2D eigenvalue weighted by Crippen LogP contribution is -1.99. The summed E-state index contributed by atoms with van der Waals surface area (Å²) in [6.45, 7) is 1.87. The number of nitrogens with zero attached hydrogens (tertiary/aromatic N) is 1. The minimum absolute atomic E-state index is 0.317. The molecule has 0 saturated carbocycles. The molecule has 1 aromatic heterocycles. The van der Waals surface area contributed by atoms with E-state index in [1.54, 1.807) is 6.07 Å². The van der Waals surface area contributed by atoms with E-state index in [0.717, 1.165) is 5.69 Å². The number of nitrogens with one attached hydrogen (secondary N) is 1. The van der Waals surface area contributed by atoms with Crippen LogP contribution in [0.2, 0.25) is 0 Å². The van der Waals surface area contributed by atoms with Gasteiger partial charge in [-0.15, -0.1) is 0 Å². The van der Waals surface area contributed by atoms with Crippen molar-refractivity contribution in [3.05, 3.63) is 35.4 Å². The van der Waals surface area contributed by atoms with Gasteiger partial charge in [-0.1, -0.05) is 12.1 Å². The fraction of sp³-hybridized carbons (Fsp3) is 0.143. The first-order valence-corrected chi connectivity index (χ1v) is 2.77. The molecule has 1 rings (SSSR count). The fourth-order valence-corrected chi connectivity index (χ4v) is 0.606. The Morgan fingerprint density at radius 3 is 2.78 bits per heavy atom. The molecule has 0 unspecified atom stereocenters. The molecular weight excluding hydrogens is 112 g/mol. The van der Waals surface area contributed by atoms with E-state index in [4.69, 9.17) is 5.41 Å². The van der Waals surface area contributed by atoms with Crippen LogP contribution in [-0.2, 0) is 0 Å². The molecule has 0 amide bonds. The van der Waals surface area contributed by atoms with Crippen molar-refractivity contribution < 1.29 is 0 Å². The van der Waals surface area contributed by atoms with Crippen molar-refractivity contribution in [3.63, 3.8) is 0 Å². The first kappa shape index (κ1) is 5.95. The van der Waals surface area contributed by atoms with Crippen LogP contribution in [0.5, 0.6) is 0 Å². The molecule has 0 aliphatic rings. The molecule has 0 bridgehead atoms. The number of rotatable bonds is 0. The first-order chi connectivity index (χ1) is 4.29. The maximum absolute atomic E-state index is 7.14. The highest BCUT2D eigenvalue weighted by Crippen LogP contribution is 1.82. The minimum atomic E-state index is 0.317. The smallest absolute Gasteiger partial charge is 0.144 e. The third kappa shape index (κ3) is 1.64. The van der Waals surface area contributed by atoms with E-state index in [0.29, 0.717) is 5.49 Å². The van der Waals surface area contributed by atoms with E-state index >= 15 is 0 Å². The Labute approximate surface area is 53.7 Å². The Kier molecular flexibility index (Phi) is 1.58. The number of aromatic nitrogens is 1. The van der Waals surface area contributed by atoms with E-state index in [-0.39, 0.29) is 0 Å². The van der Waals surface area contributed by atoms with Gasteiger partial charge < -0.3 is 0 Å². The Morgan fingerprint density at radius 1 is 1.33 bits per heavy atom. The van der Waals surface area contributed by atoms with Gasteiger partial charge in [0.25, 0.3) is 0 Å². The van der Waals surface area contributed by atoms with E-state index < -0.39 is 0 Å². The predicted molar refractivity (Wildman–Crippen MR) is 34.8 cm³/mol. The van der Waals surface area contributed by atoms with Crippen LogP contribution in [0.4, 0.5) is 0 Å². The molecule has 2 nitrogen and oxygen atoms in total. The highest BCUT2D eigenvalue weighted by Gasteiger charge is 1.77. The molecule has 0 saturated heterocycles. The Balaban J connectivity index is 3.37. The molecule has 0 atom stereocenters. The van der Waals surface area contributed by atoms with Crippen LogP contribution < -0.4 is 5.49 Å². The van der Waals surface area contributed by atoms with Gasteiger partial charge in [0, 0.05) is 5.69 Å². The summed E-state index contributed by atoms with van der Waals surface area (Å²) in [5, 5.41) is 7.14. The van der Waals surface area contributed by atoms with Crippen LogP contribution in [0.1, 0.15) is 5.69 Å². The molecular formula is C7H8N2. The van der Waals surface area contributed by atoms with Gasteiger partial charge in [-0.25, -0.2) is 4.98 Å². The molecule has 0 spiro atoms. The molecule has 1 heterocycles. The van der Waals surface area contributed by atoms with E-state index in [1.807, 2.05) is 25.1 Å². The minimum Gasteiger partial charge on any atom is -0.283 e. The molecule has 0 radical (unpaired) electrons. The second-order valence-corrected chi connectivity index (χ2v) is 1.86. The zero-order valence-electron chi connectivity index (χ0n) is 5.26. The molecule has 0 fully saturated rings. The van der Waals surface area contributed by atoms with Crippen molar-refractivity contribution in [2.75, 3.05) is 0 Å². The standard InChI is InChI=1S/C7H8N2/c1-6-4-2-3-5-7(8)9-6/h2-5,8H,1H3. The van der Waals surface area contributed by atoms with Crippen molar-refractivity contribution >= 4 is 0 Å². The second-order valence-electron chi connectivity index (χ2n) is 1.86. The topological polar surface area (TPSA) is 36.7 Å². The predicted octanol–water partition coefficient (Wildman–Crippen LogP) is 0.869. The normalized spacial score (nSPS) is 9.00. The SMILES string of the molecule is Cc1ccccc(=N)n1. The van der Waals surface area contributed by atoms with Crippen LogP contribution in [0, 0.1) is 12.3 Å². The van der Waals surface area contributed by atoms with Crippen LogP contribution in [0.15, 0.2) is 24.3 Å². The van der Waals surface area contributed by atoms with Gasteiger partial charge in [0.1, 0.15) is 5.49 Å².